The van der Waals surface area contributed by atoms with Gasteiger partial charge in [0.15, 0.2) is 5.13 Å². The topological polar surface area (TPSA) is 71.2 Å². The smallest absolute Gasteiger partial charge is 0.184 e. The summed E-state index contributed by atoms with van der Waals surface area (Å²) < 4.78 is 0. The number of aliphatic hydroxyl groups is 1. The molecule has 0 unspecified atom stereocenters. The van der Waals surface area contributed by atoms with Crippen LogP contribution in [0.3, 0.4) is 0 Å². The minimum atomic E-state index is 0.0699. The first kappa shape index (κ1) is 10.7. The Morgan fingerprint density at radius 1 is 1.53 bits per heavy atom. The molecule has 1 aliphatic rings. The maximum Gasteiger partial charge on any atom is 0.184 e. The molecule has 1 aliphatic carbocycles. The highest BCUT2D eigenvalue weighted by atomic mass is 32.1. The summed E-state index contributed by atoms with van der Waals surface area (Å²) in [7, 11) is 0. The van der Waals surface area contributed by atoms with Crippen LogP contribution in [0.15, 0.2) is 6.20 Å². The van der Waals surface area contributed by atoms with Crippen LogP contribution >= 0.6 is 11.3 Å². The molecule has 2 rings (SSSR count). The van der Waals surface area contributed by atoms with Crippen molar-refractivity contribution in [2.24, 2.45) is 5.41 Å². The van der Waals surface area contributed by atoms with Gasteiger partial charge in [-0.15, -0.1) is 0 Å². The molecule has 5 heteroatoms. The second-order valence-corrected chi connectivity index (χ2v) is 5.35. The van der Waals surface area contributed by atoms with Crippen molar-refractivity contribution in [2.45, 2.75) is 25.7 Å². The normalized spacial score (nSPS) is 19.3. The average Bonchev–Trinajstić information content (AvgIpc) is 2.85. The highest BCUT2D eigenvalue weighted by molar-refractivity contribution is 7.19. The van der Waals surface area contributed by atoms with Crippen LogP contribution in [-0.4, -0.2) is 23.2 Å². The molecule has 0 spiro atoms. The van der Waals surface area contributed by atoms with E-state index in [1.807, 2.05) is 0 Å². The fraction of sp³-hybridized carbons (Fsp3) is 0.700. The van der Waals surface area contributed by atoms with Crippen LogP contribution in [0.25, 0.3) is 0 Å². The summed E-state index contributed by atoms with van der Waals surface area (Å²) in [4.78, 5) is 4.14. The second kappa shape index (κ2) is 4.37. The zero-order valence-corrected chi connectivity index (χ0v) is 9.52. The number of nitrogens with one attached hydrogen (secondary N) is 1. The van der Waals surface area contributed by atoms with Crippen molar-refractivity contribution >= 4 is 21.5 Å². The van der Waals surface area contributed by atoms with E-state index in [2.05, 4.69) is 10.3 Å². The van der Waals surface area contributed by atoms with Gasteiger partial charge in [-0.3, -0.25) is 0 Å². The third-order valence-corrected chi connectivity index (χ3v) is 3.92. The van der Waals surface area contributed by atoms with Crippen molar-refractivity contribution in [1.82, 2.24) is 4.98 Å². The molecule has 1 aromatic rings. The van der Waals surface area contributed by atoms with Gasteiger partial charge in [-0.25, -0.2) is 4.98 Å². The molecule has 0 amide bonds. The standard InChI is InChI=1S/C10H17N3OS/c11-8-5-12-9(15-8)13-6-10(7-14)3-1-2-4-10/h5,14H,1-4,6-7,11H2,(H,12,13). The predicted molar refractivity (Wildman–Crippen MR) is 63.0 cm³/mol. The number of nitrogens with zero attached hydrogens (tertiary/aromatic N) is 1. The van der Waals surface area contributed by atoms with E-state index in [9.17, 15) is 5.11 Å². The average molecular weight is 227 g/mol. The van der Waals surface area contributed by atoms with Crippen LogP contribution < -0.4 is 11.1 Å². The molecule has 0 atom stereocenters. The minimum absolute atomic E-state index is 0.0699. The summed E-state index contributed by atoms with van der Waals surface area (Å²) >= 11 is 1.45. The van der Waals surface area contributed by atoms with Gasteiger partial charge in [0.2, 0.25) is 0 Å². The number of hydrogen-bond acceptors (Lipinski definition) is 5. The Hall–Kier alpha value is -0.810. The lowest BCUT2D eigenvalue weighted by Gasteiger charge is -2.26. The summed E-state index contributed by atoms with van der Waals surface area (Å²) in [6, 6.07) is 0. The molecule has 1 heterocycles. The van der Waals surface area contributed by atoms with Crippen LogP contribution in [0.5, 0.6) is 0 Å². The Morgan fingerprint density at radius 3 is 2.80 bits per heavy atom. The molecule has 15 heavy (non-hydrogen) atoms. The van der Waals surface area contributed by atoms with Gasteiger partial charge in [-0.2, -0.15) is 0 Å². The number of rotatable bonds is 4. The molecular weight excluding hydrogens is 210 g/mol. The van der Waals surface area contributed by atoms with E-state index in [1.54, 1.807) is 6.20 Å². The molecule has 0 radical (unpaired) electrons. The Balaban J connectivity index is 1.91. The second-order valence-electron chi connectivity index (χ2n) is 4.29. The van der Waals surface area contributed by atoms with Crippen molar-refractivity contribution in [3.05, 3.63) is 6.20 Å². The molecule has 1 fully saturated rings. The molecule has 84 valence electrons. The van der Waals surface area contributed by atoms with Crippen molar-refractivity contribution in [3.8, 4) is 0 Å². The summed E-state index contributed by atoms with van der Waals surface area (Å²) in [5.41, 5.74) is 5.66. The van der Waals surface area contributed by atoms with E-state index >= 15 is 0 Å². The molecule has 0 saturated heterocycles. The molecule has 0 aromatic carbocycles. The van der Waals surface area contributed by atoms with Gasteiger partial charge < -0.3 is 16.2 Å². The summed E-state index contributed by atoms with van der Waals surface area (Å²) in [6.45, 7) is 1.07. The van der Waals surface area contributed by atoms with Gasteiger partial charge in [-0.05, 0) is 12.8 Å². The van der Waals surface area contributed by atoms with Gasteiger partial charge in [0.05, 0.1) is 12.8 Å². The van der Waals surface area contributed by atoms with E-state index in [4.69, 9.17) is 5.73 Å². The van der Waals surface area contributed by atoms with Crippen LogP contribution in [-0.2, 0) is 0 Å². The minimum Gasteiger partial charge on any atom is -0.396 e. The van der Waals surface area contributed by atoms with Crippen molar-refractivity contribution in [1.29, 1.82) is 0 Å². The molecular formula is C10H17N3OS. The van der Waals surface area contributed by atoms with Gasteiger partial charge >= 0.3 is 0 Å². The van der Waals surface area contributed by atoms with Gasteiger partial charge in [0.25, 0.3) is 0 Å². The molecule has 0 bridgehead atoms. The number of anilines is 2. The lowest BCUT2D eigenvalue weighted by Crippen LogP contribution is -2.30. The predicted octanol–water partition coefficient (Wildman–Crippen LogP) is 1.69. The van der Waals surface area contributed by atoms with Crippen LogP contribution in [0.2, 0.25) is 0 Å². The monoisotopic (exact) mass is 227 g/mol. The number of thiazole rings is 1. The summed E-state index contributed by atoms with van der Waals surface area (Å²) in [5, 5.41) is 14.3. The Kier molecular flexibility index (Phi) is 3.11. The summed E-state index contributed by atoms with van der Waals surface area (Å²) in [5.74, 6) is 0. The third kappa shape index (κ3) is 2.41. The van der Waals surface area contributed by atoms with Crippen LogP contribution in [0.1, 0.15) is 25.7 Å². The molecule has 0 aliphatic heterocycles. The molecule has 1 aromatic heterocycles. The quantitative estimate of drug-likeness (QED) is 0.732. The first-order valence-corrected chi connectivity index (χ1v) is 6.12. The Labute approximate surface area is 93.5 Å². The van der Waals surface area contributed by atoms with Crippen molar-refractivity contribution in [3.63, 3.8) is 0 Å². The lowest BCUT2D eigenvalue weighted by atomic mass is 9.87. The molecule has 4 nitrogen and oxygen atoms in total. The first-order chi connectivity index (χ1) is 7.24. The lowest BCUT2D eigenvalue weighted by molar-refractivity contribution is 0.142. The summed E-state index contributed by atoms with van der Waals surface area (Å²) in [6.07, 6.45) is 6.33. The Morgan fingerprint density at radius 2 is 2.27 bits per heavy atom. The number of nitrogens with two attached hydrogens (primary N) is 1. The number of hydrogen-bond donors (Lipinski definition) is 3. The first-order valence-electron chi connectivity index (χ1n) is 5.30. The number of aliphatic hydroxyl groups excluding tert-OH is 1. The highest BCUT2D eigenvalue weighted by Crippen LogP contribution is 2.37. The van der Waals surface area contributed by atoms with E-state index in [1.165, 1.54) is 24.2 Å². The van der Waals surface area contributed by atoms with E-state index in [0.717, 1.165) is 29.5 Å². The largest absolute Gasteiger partial charge is 0.396 e. The van der Waals surface area contributed by atoms with E-state index in [0.29, 0.717) is 0 Å². The molecule has 1 saturated carbocycles. The van der Waals surface area contributed by atoms with Crippen LogP contribution in [0.4, 0.5) is 10.1 Å². The van der Waals surface area contributed by atoms with E-state index < -0.39 is 0 Å². The van der Waals surface area contributed by atoms with Crippen LogP contribution in [0, 0.1) is 5.41 Å². The zero-order valence-electron chi connectivity index (χ0n) is 8.70. The zero-order chi connectivity index (χ0) is 10.7. The van der Waals surface area contributed by atoms with Crippen molar-refractivity contribution < 1.29 is 5.11 Å². The SMILES string of the molecule is Nc1cnc(NCC2(CO)CCCC2)s1. The van der Waals surface area contributed by atoms with Gasteiger partial charge in [0, 0.05) is 12.0 Å². The van der Waals surface area contributed by atoms with Gasteiger partial charge in [0.1, 0.15) is 5.00 Å². The van der Waals surface area contributed by atoms with Crippen molar-refractivity contribution in [2.75, 3.05) is 24.2 Å². The Bertz CT molecular complexity index is 320. The maximum atomic E-state index is 9.42. The third-order valence-electron chi connectivity index (χ3n) is 3.14. The van der Waals surface area contributed by atoms with E-state index in [-0.39, 0.29) is 12.0 Å². The number of aromatic nitrogens is 1. The van der Waals surface area contributed by atoms with Gasteiger partial charge in [-0.1, -0.05) is 24.2 Å². The number of nitrogen functional groups attached to an aromatic ring is 1. The highest BCUT2D eigenvalue weighted by Gasteiger charge is 2.33. The maximum absolute atomic E-state index is 9.42. The fourth-order valence-corrected chi connectivity index (χ4v) is 2.73. The molecule has 4 N–H and O–H groups in total. The fourth-order valence-electron chi connectivity index (χ4n) is 2.15.